The summed E-state index contributed by atoms with van der Waals surface area (Å²) < 4.78 is 0. The van der Waals surface area contributed by atoms with Crippen LogP contribution in [0.5, 0.6) is 0 Å². The molecule has 0 bridgehead atoms. The molecule has 0 fully saturated rings. The summed E-state index contributed by atoms with van der Waals surface area (Å²) in [5.41, 5.74) is 5.17. The van der Waals surface area contributed by atoms with E-state index in [4.69, 9.17) is 15.9 Å². The third kappa shape index (κ3) is 3.34. The van der Waals surface area contributed by atoms with Crippen molar-refractivity contribution in [2.75, 3.05) is 0 Å². The zero-order chi connectivity index (χ0) is 9.72. The van der Waals surface area contributed by atoms with Crippen molar-refractivity contribution in [1.82, 2.24) is 0 Å². The molecule has 0 aromatic carbocycles. The third-order valence-electron chi connectivity index (χ3n) is 1.70. The average molecular weight is 175 g/mol. The minimum absolute atomic E-state index is 0.0127. The highest BCUT2D eigenvalue weighted by atomic mass is 16.4. The first kappa shape index (κ1) is 10.9. The van der Waals surface area contributed by atoms with Crippen molar-refractivity contribution < 1.29 is 19.8 Å². The maximum absolute atomic E-state index is 10.4. The molecule has 2 atom stereocenters. The maximum Gasteiger partial charge on any atom is 0.320 e. The van der Waals surface area contributed by atoms with Gasteiger partial charge >= 0.3 is 11.9 Å². The number of carboxylic acids is 2. The van der Waals surface area contributed by atoms with Crippen molar-refractivity contribution in [3.8, 4) is 0 Å². The van der Waals surface area contributed by atoms with Crippen molar-refractivity contribution >= 4 is 11.9 Å². The monoisotopic (exact) mass is 175 g/mol. The molecule has 5 heteroatoms. The van der Waals surface area contributed by atoms with Gasteiger partial charge in [0.15, 0.2) is 0 Å². The highest BCUT2D eigenvalue weighted by Gasteiger charge is 2.22. The molecule has 0 aromatic rings. The molecule has 0 amide bonds. The second-order valence-electron chi connectivity index (χ2n) is 2.62. The predicted molar refractivity (Wildman–Crippen MR) is 41.6 cm³/mol. The van der Waals surface area contributed by atoms with Crippen LogP contribution in [0.3, 0.4) is 0 Å². The van der Waals surface area contributed by atoms with E-state index in [0.717, 1.165) is 0 Å². The van der Waals surface area contributed by atoms with Crippen molar-refractivity contribution in [2.24, 2.45) is 11.7 Å². The summed E-state index contributed by atoms with van der Waals surface area (Å²) in [6.45, 7) is 1.69. The van der Waals surface area contributed by atoms with E-state index in [-0.39, 0.29) is 6.42 Å². The molecule has 0 heterocycles. The Morgan fingerprint density at radius 1 is 1.33 bits per heavy atom. The van der Waals surface area contributed by atoms with Crippen molar-refractivity contribution in [3.63, 3.8) is 0 Å². The fraction of sp³-hybridized carbons (Fsp3) is 0.714. The molecule has 12 heavy (non-hydrogen) atoms. The number of carboxylic acid groups (broad SMARTS) is 2. The Kier molecular flexibility index (Phi) is 4.28. The van der Waals surface area contributed by atoms with Gasteiger partial charge in [-0.15, -0.1) is 0 Å². The second-order valence-corrected chi connectivity index (χ2v) is 2.62. The molecule has 0 aliphatic heterocycles. The van der Waals surface area contributed by atoms with Gasteiger partial charge < -0.3 is 15.9 Å². The lowest BCUT2D eigenvalue weighted by Crippen LogP contribution is -2.34. The van der Waals surface area contributed by atoms with Crippen LogP contribution in [-0.2, 0) is 9.59 Å². The quantitative estimate of drug-likeness (QED) is 0.541. The molecule has 0 saturated heterocycles. The molecule has 70 valence electrons. The fourth-order valence-electron chi connectivity index (χ4n) is 0.849. The molecule has 5 nitrogen and oxygen atoms in total. The minimum atomic E-state index is -1.16. The Morgan fingerprint density at radius 3 is 2.08 bits per heavy atom. The van der Waals surface area contributed by atoms with Crippen LogP contribution in [0.15, 0.2) is 0 Å². The Labute approximate surface area is 70.2 Å². The van der Waals surface area contributed by atoms with E-state index in [0.29, 0.717) is 6.42 Å². The Bertz CT molecular complexity index is 180. The minimum Gasteiger partial charge on any atom is -0.481 e. The van der Waals surface area contributed by atoms with Crippen LogP contribution in [-0.4, -0.2) is 28.2 Å². The zero-order valence-electron chi connectivity index (χ0n) is 6.86. The summed E-state index contributed by atoms with van der Waals surface area (Å²) in [5, 5.41) is 16.9. The van der Waals surface area contributed by atoms with Gasteiger partial charge in [0.05, 0.1) is 5.92 Å². The summed E-state index contributed by atoms with van der Waals surface area (Å²) in [6, 6.07) is -1.08. The van der Waals surface area contributed by atoms with E-state index in [2.05, 4.69) is 0 Å². The highest BCUT2D eigenvalue weighted by Crippen LogP contribution is 2.10. The van der Waals surface area contributed by atoms with Gasteiger partial charge in [0.2, 0.25) is 0 Å². The standard InChI is InChI=1S/C7H13NO4/c1-2-4(6(9)10)3-5(8)7(11)12/h4-5H,2-3,8H2,1H3,(H,9,10)(H,11,12)/t4-,5+/m1/s1. The Morgan fingerprint density at radius 2 is 1.83 bits per heavy atom. The average Bonchev–Trinajstić information content (AvgIpc) is 1.98. The number of rotatable bonds is 5. The van der Waals surface area contributed by atoms with Gasteiger partial charge in [-0.25, -0.2) is 0 Å². The molecule has 0 radical (unpaired) electrons. The van der Waals surface area contributed by atoms with E-state index in [9.17, 15) is 9.59 Å². The molecule has 0 aliphatic carbocycles. The normalized spacial score (nSPS) is 15.2. The van der Waals surface area contributed by atoms with Crippen LogP contribution < -0.4 is 5.73 Å². The Hall–Kier alpha value is -1.10. The van der Waals surface area contributed by atoms with E-state index in [1.807, 2.05) is 0 Å². The molecule has 0 spiro atoms. The molecule has 0 unspecified atom stereocenters. The molecule has 4 N–H and O–H groups in total. The zero-order valence-corrected chi connectivity index (χ0v) is 6.86. The van der Waals surface area contributed by atoms with Gasteiger partial charge in [-0.2, -0.15) is 0 Å². The SMILES string of the molecule is CC[C@H](C[C@H](N)C(=O)O)C(=O)O. The molecular formula is C7H13NO4. The number of carbonyl (C=O) groups is 2. The van der Waals surface area contributed by atoms with Crippen LogP contribution in [0.1, 0.15) is 19.8 Å². The van der Waals surface area contributed by atoms with Crippen LogP contribution in [0.2, 0.25) is 0 Å². The number of nitrogens with two attached hydrogens (primary N) is 1. The number of aliphatic carboxylic acids is 2. The molecule has 0 saturated carbocycles. The topological polar surface area (TPSA) is 101 Å². The van der Waals surface area contributed by atoms with Crippen LogP contribution in [0.25, 0.3) is 0 Å². The lowest BCUT2D eigenvalue weighted by atomic mass is 9.98. The predicted octanol–water partition coefficient (Wildman–Crippen LogP) is -0.101. The molecule has 0 rings (SSSR count). The number of hydrogen-bond acceptors (Lipinski definition) is 3. The van der Waals surface area contributed by atoms with Crippen LogP contribution in [0.4, 0.5) is 0 Å². The third-order valence-corrected chi connectivity index (χ3v) is 1.70. The van der Waals surface area contributed by atoms with E-state index in [1.165, 1.54) is 0 Å². The summed E-state index contributed by atoms with van der Waals surface area (Å²) in [4.78, 5) is 20.7. The van der Waals surface area contributed by atoms with Gasteiger partial charge in [0, 0.05) is 0 Å². The van der Waals surface area contributed by atoms with Gasteiger partial charge in [0.25, 0.3) is 0 Å². The summed E-state index contributed by atoms with van der Waals surface area (Å²) in [7, 11) is 0. The molecule has 0 aromatic heterocycles. The maximum atomic E-state index is 10.4. The van der Waals surface area contributed by atoms with Crippen molar-refractivity contribution in [1.29, 1.82) is 0 Å². The van der Waals surface area contributed by atoms with Gasteiger partial charge in [-0.05, 0) is 12.8 Å². The smallest absolute Gasteiger partial charge is 0.320 e. The van der Waals surface area contributed by atoms with Crippen LogP contribution >= 0.6 is 0 Å². The van der Waals surface area contributed by atoms with Gasteiger partial charge in [-0.3, -0.25) is 9.59 Å². The Balaban J connectivity index is 4.02. The summed E-state index contributed by atoms with van der Waals surface area (Å²) in [6.07, 6.45) is 0.386. The summed E-state index contributed by atoms with van der Waals surface area (Å²) >= 11 is 0. The largest absolute Gasteiger partial charge is 0.481 e. The fourth-order valence-corrected chi connectivity index (χ4v) is 0.849. The van der Waals surface area contributed by atoms with E-state index >= 15 is 0 Å². The van der Waals surface area contributed by atoms with Crippen molar-refractivity contribution in [3.05, 3.63) is 0 Å². The van der Waals surface area contributed by atoms with Crippen LogP contribution in [0, 0.1) is 5.92 Å². The molecular weight excluding hydrogens is 162 g/mol. The second kappa shape index (κ2) is 4.71. The first-order chi connectivity index (χ1) is 5.49. The lowest BCUT2D eigenvalue weighted by molar-refractivity contribution is -0.143. The molecule has 0 aliphatic rings. The van der Waals surface area contributed by atoms with E-state index < -0.39 is 23.9 Å². The first-order valence-electron chi connectivity index (χ1n) is 3.70. The van der Waals surface area contributed by atoms with Gasteiger partial charge in [0.1, 0.15) is 6.04 Å². The number of hydrogen-bond donors (Lipinski definition) is 3. The van der Waals surface area contributed by atoms with Crippen molar-refractivity contribution in [2.45, 2.75) is 25.8 Å². The summed E-state index contributed by atoms with van der Waals surface area (Å²) in [5.74, 6) is -2.81. The van der Waals surface area contributed by atoms with Gasteiger partial charge in [-0.1, -0.05) is 6.92 Å². The lowest BCUT2D eigenvalue weighted by Gasteiger charge is -2.11. The highest BCUT2D eigenvalue weighted by molar-refractivity contribution is 5.75. The first-order valence-corrected chi connectivity index (χ1v) is 3.70. The van der Waals surface area contributed by atoms with E-state index in [1.54, 1.807) is 6.92 Å².